The molecule has 0 aliphatic carbocycles. The van der Waals surface area contributed by atoms with Gasteiger partial charge in [0, 0.05) is 25.0 Å². The molecule has 1 rings (SSSR count). The molecule has 1 aromatic rings. The van der Waals surface area contributed by atoms with E-state index in [9.17, 15) is 4.79 Å². The van der Waals surface area contributed by atoms with Crippen LogP contribution in [0.2, 0.25) is 0 Å². The summed E-state index contributed by atoms with van der Waals surface area (Å²) in [6, 6.07) is 2.42. The number of aromatic nitrogens is 2. The molecule has 4 heteroatoms. The zero-order valence-corrected chi connectivity index (χ0v) is 10.4. The van der Waals surface area contributed by atoms with E-state index < -0.39 is 0 Å². The molecule has 4 nitrogen and oxygen atoms in total. The zero-order chi connectivity index (χ0) is 12.3. The van der Waals surface area contributed by atoms with Crippen LogP contribution in [-0.4, -0.2) is 9.13 Å². The van der Waals surface area contributed by atoms with Crippen molar-refractivity contribution >= 4 is 0 Å². The second kappa shape index (κ2) is 4.56. The van der Waals surface area contributed by atoms with E-state index in [1.165, 1.54) is 0 Å². The Morgan fingerprint density at radius 2 is 2.06 bits per heavy atom. The first-order chi connectivity index (χ1) is 7.37. The highest BCUT2D eigenvalue weighted by atomic mass is 16.1. The summed E-state index contributed by atoms with van der Waals surface area (Å²) >= 11 is 0. The van der Waals surface area contributed by atoms with E-state index in [1.54, 1.807) is 21.5 Å². The van der Waals surface area contributed by atoms with Gasteiger partial charge in [-0.15, -0.1) is 0 Å². The lowest BCUT2D eigenvalue weighted by Crippen LogP contribution is -2.26. The van der Waals surface area contributed by atoms with Crippen LogP contribution in [0.5, 0.6) is 0 Å². The van der Waals surface area contributed by atoms with E-state index in [0.717, 1.165) is 0 Å². The molecule has 16 heavy (non-hydrogen) atoms. The van der Waals surface area contributed by atoms with Crippen molar-refractivity contribution in [3.63, 3.8) is 0 Å². The summed E-state index contributed by atoms with van der Waals surface area (Å²) in [6.45, 7) is 8.32. The summed E-state index contributed by atoms with van der Waals surface area (Å²) in [7, 11) is 0. The number of hydrogen-bond donors (Lipinski definition) is 0. The minimum atomic E-state index is -0.376. The van der Waals surface area contributed by atoms with Gasteiger partial charge in [-0.3, -0.25) is 9.13 Å². The van der Waals surface area contributed by atoms with Crippen LogP contribution < -0.4 is 5.69 Å². The molecule has 0 fully saturated rings. The van der Waals surface area contributed by atoms with Crippen molar-refractivity contribution in [1.82, 2.24) is 9.13 Å². The van der Waals surface area contributed by atoms with Crippen LogP contribution in [0, 0.1) is 16.7 Å². The van der Waals surface area contributed by atoms with Crippen LogP contribution in [0.25, 0.3) is 0 Å². The summed E-state index contributed by atoms with van der Waals surface area (Å²) in [5, 5.41) is 8.89. The third-order valence-corrected chi connectivity index (χ3v) is 2.71. The van der Waals surface area contributed by atoms with Gasteiger partial charge in [0.25, 0.3) is 0 Å². The van der Waals surface area contributed by atoms with Crippen LogP contribution in [0.15, 0.2) is 17.2 Å². The van der Waals surface area contributed by atoms with E-state index in [-0.39, 0.29) is 17.1 Å². The van der Waals surface area contributed by atoms with Crippen LogP contribution in [-0.2, 0) is 6.54 Å². The third kappa shape index (κ3) is 2.75. The molecule has 0 aliphatic heterocycles. The quantitative estimate of drug-likeness (QED) is 0.782. The second-order valence-corrected chi connectivity index (χ2v) is 5.02. The van der Waals surface area contributed by atoms with Gasteiger partial charge in [0.2, 0.25) is 0 Å². The van der Waals surface area contributed by atoms with Gasteiger partial charge in [0.1, 0.15) is 0 Å². The van der Waals surface area contributed by atoms with Gasteiger partial charge in [-0.2, -0.15) is 5.26 Å². The molecule has 0 aromatic carbocycles. The second-order valence-electron chi connectivity index (χ2n) is 5.02. The lowest BCUT2D eigenvalue weighted by Gasteiger charge is -2.14. The molecular weight excluding hydrogens is 202 g/mol. The maximum atomic E-state index is 11.9. The maximum absolute atomic E-state index is 11.9. The molecule has 1 aromatic heterocycles. The Morgan fingerprint density at radius 3 is 2.50 bits per heavy atom. The molecule has 0 radical (unpaired) electrons. The van der Waals surface area contributed by atoms with Gasteiger partial charge in [0.15, 0.2) is 0 Å². The van der Waals surface area contributed by atoms with E-state index in [0.29, 0.717) is 13.0 Å². The number of nitriles is 1. The summed E-state index contributed by atoms with van der Waals surface area (Å²) in [4.78, 5) is 11.9. The Labute approximate surface area is 96.1 Å². The maximum Gasteiger partial charge on any atom is 0.328 e. The van der Waals surface area contributed by atoms with Crippen LogP contribution >= 0.6 is 0 Å². The Morgan fingerprint density at radius 1 is 1.44 bits per heavy atom. The molecule has 0 saturated heterocycles. The van der Waals surface area contributed by atoms with Gasteiger partial charge in [-0.1, -0.05) is 0 Å². The zero-order valence-electron chi connectivity index (χ0n) is 10.4. The van der Waals surface area contributed by atoms with E-state index in [4.69, 9.17) is 5.26 Å². The summed E-state index contributed by atoms with van der Waals surface area (Å²) in [6.07, 6.45) is 4.27. The van der Waals surface area contributed by atoms with Gasteiger partial charge >= 0.3 is 5.69 Å². The topological polar surface area (TPSA) is 50.7 Å². The molecule has 0 atom stereocenters. The van der Waals surface area contributed by atoms with E-state index in [1.807, 2.05) is 27.7 Å². The molecule has 1 heterocycles. The first-order valence-corrected chi connectivity index (χ1v) is 5.56. The molecule has 88 valence electrons. The lowest BCUT2D eigenvalue weighted by molar-refractivity contribution is 0.405. The van der Waals surface area contributed by atoms with Gasteiger partial charge < -0.3 is 0 Å². The Kier molecular flexibility index (Phi) is 3.58. The van der Waals surface area contributed by atoms with Gasteiger partial charge in [-0.05, 0) is 34.1 Å². The average Bonchev–Trinajstić information content (AvgIpc) is 2.57. The molecule has 0 amide bonds. The largest absolute Gasteiger partial charge is 0.328 e. The fourth-order valence-electron chi connectivity index (χ4n) is 1.45. The lowest BCUT2D eigenvalue weighted by atomic mass is 9.91. The monoisotopic (exact) mass is 221 g/mol. The molecule has 0 unspecified atom stereocenters. The van der Waals surface area contributed by atoms with E-state index >= 15 is 0 Å². The highest BCUT2D eigenvalue weighted by Gasteiger charge is 2.17. The van der Waals surface area contributed by atoms with Crippen molar-refractivity contribution < 1.29 is 0 Å². The number of imidazole rings is 1. The SMILES string of the molecule is CC(C)n1ccn(CCC(C)(C)C#N)c1=O. The predicted molar refractivity (Wildman–Crippen MR) is 63.1 cm³/mol. The van der Waals surface area contributed by atoms with Crippen molar-refractivity contribution in [3.05, 3.63) is 22.9 Å². The number of nitrogens with zero attached hydrogens (tertiary/aromatic N) is 3. The Bertz CT molecular complexity index is 446. The number of aryl methyl sites for hydroxylation is 1. The molecule has 0 spiro atoms. The highest BCUT2D eigenvalue weighted by Crippen LogP contribution is 2.18. The molecule has 0 aliphatic rings. The minimum Gasteiger partial charge on any atom is -0.299 e. The van der Waals surface area contributed by atoms with Crippen LogP contribution in [0.1, 0.15) is 40.2 Å². The number of rotatable bonds is 4. The standard InChI is InChI=1S/C12H19N3O/c1-10(2)15-8-7-14(11(15)16)6-5-12(3,4)9-13/h7-8,10H,5-6H2,1-4H3. The minimum absolute atomic E-state index is 0.00346. The van der Waals surface area contributed by atoms with Crippen molar-refractivity contribution in [3.8, 4) is 6.07 Å². The van der Waals surface area contributed by atoms with Gasteiger partial charge in [-0.25, -0.2) is 4.79 Å². The fraction of sp³-hybridized carbons (Fsp3) is 0.667. The molecular formula is C12H19N3O. The molecule has 0 N–H and O–H groups in total. The van der Waals surface area contributed by atoms with Crippen molar-refractivity contribution in [2.45, 2.75) is 46.7 Å². The molecule has 0 saturated carbocycles. The van der Waals surface area contributed by atoms with Crippen molar-refractivity contribution in [2.24, 2.45) is 5.41 Å². The fourth-order valence-corrected chi connectivity index (χ4v) is 1.45. The first-order valence-electron chi connectivity index (χ1n) is 5.56. The summed E-state index contributed by atoms with van der Waals surface area (Å²) < 4.78 is 3.36. The summed E-state index contributed by atoms with van der Waals surface area (Å²) in [5.74, 6) is 0. The van der Waals surface area contributed by atoms with Crippen LogP contribution in [0.4, 0.5) is 0 Å². The van der Waals surface area contributed by atoms with Crippen molar-refractivity contribution in [1.29, 1.82) is 5.26 Å². The number of hydrogen-bond acceptors (Lipinski definition) is 2. The normalized spacial score (nSPS) is 11.8. The molecule has 0 bridgehead atoms. The predicted octanol–water partition coefficient (Wildman–Crippen LogP) is 2.17. The van der Waals surface area contributed by atoms with Crippen LogP contribution in [0.3, 0.4) is 0 Å². The Hall–Kier alpha value is -1.50. The smallest absolute Gasteiger partial charge is 0.299 e. The van der Waals surface area contributed by atoms with E-state index in [2.05, 4.69) is 6.07 Å². The average molecular weight is 221 g/mol. The Balaban J connectivity index is 2.78. The first kappa shape index (κ1) is 12.6. The summed E-state index contributed by atoms with van der Waals surface area (Å²) in [5.41, 5.74) is -0.372. The highest BCUT2D eigenvalue weighted by molar-refractivity contribution is 4.92. The third-order valence-electron chi connectivity index (χ3n) is 2.71. The van der Waals surface area contributed by atoms with Crippen molar-refractivity contribution in [2.75, 3.05) is 0 Å². The van der Waals surface area contributed by atoms with Gasteiger partial charge in [0.05, 0.1) is 11.5 Å².